The number of Topliss-reactive ketones (excluding diaryl/α,β-unsaturated/α-hetero) is 1. The Balaban J connectivity index is 2.29. The number of alkyl halides is 1. The van der Waals surface area contributed by atoms with Crippen molar-refractivity contribution in [2.24, 2.45) is 0 Å². The Kier molecular flexibility index (Phi) is 3.83. The number of aromatic nitrogens is 1. The molecule has 0 radical (unpaired) electrons. The molecule has 0 aliphatic carbocycles. The first kappa shape index (κ1) is 12.8. The second kappa shape index (κ2) is 5.36. The van der Waals surface area contributed by atoms with Gasteiger partial charge >= 0.3 is 0 Å². The van der Waals surface area contributed by atoms with Crippen LogP contribution in [0, 0.1) is 10.1 Å². The lowest BCUT2D eigenvalue weighted by Gasteiger charge is -1.95. The Hall–Kier alpha value is -1.60. The van der Waals surface area contributed by atoms with Crippen LogP contribution in [0.3, 0.4) is 0 Å². The molecule has 0 aliphatic heterocycles. The molecule has 0 saturated heterocycles. The van der Waals surface area contributed by atoms with Crippen molar-refractivity contribution in [3.63, 3.8) is 0 Å². The lowest BCUT2D eigenvalue weighted by atomic mass is 10.2. The van der Waals surface area contributed by atoms with Crippen LogP contribution in [-0.2, 0) is 0 Å². The highest BCUT2D eigenvalue weighted by atomic mass is 79.9. The molecule has 0 aliphatic rings. The van der Waals surface area contributed by atoms with Gasteiger partial charge in [0.25, 0.3) is 5.69 Å². The van der Waals surface area contributed by atoms with Gasteiger partial charge in [-0.3, -0.25) is 14.9 Å². The normalized spacial score (nSPS) is 10.3. The fourth-order valence-corrected chi connectivity index (χ4v) is 2.45. The van der Waals surface area contributed by atoms with Crippen molar-refractivity contribution < 1.29 is 9.72 Å². The zero-order valence-corrected chi connectivity index (χ0v) is 11.4. The molecule has 7 heteroatoms. The van der Waals surface area contributed by atoms with Crippen molar-refractivity contribution in [3.8, 4) is 10.6 Å². The Morgan fingerprint density at radius 3 is 2.61 bits per heavy atom. The van der Waals surface area contributed by atoms with Crippen molar-refractivity contribution in [1.29, 1.82) is 0 Å². The molecule has 0 N–H and O–H groups in total. The van der Waals surface area contributed by atoms with E-state index in [4.69, 9.17) is 0 Å². The molecule has 0 unspecified atom stereocenters. The first-order valence-corrected chi connectivity index (χ1v) is 6.91. The van der Waals surface area contributed by atoms with Crippen LogP contribution >= 0.6 is 27.3 Å². The number of nitro benzene ring substituents is 1. The topological polar surface area (TPSA) is 73.1 Å². The average Bonchev–Trinajstić information content (AvgIpc) is 2.87. The standard InChI is InChI=1S/C11H7BrN2O3S/c12-5-10(15)9-6-18-11(13-9)7-1-3-8(4-2-7)14(16)17/h1-4,6H,5H2. The van der Waals surface area contributed by atoms with E-state index in [9.17, 15) is 14.9 Å². The lowest BCUT2D eigenvalue weighted by Crippen LogP contribution is -1.99. The molecule has 0 fully saturated rings. The Morgan fingerprint density at radius 2 is 2.06 bits per heavy atom. The van der Waals surface area contributed by atoms with E-state index in [1.54, 1.807) is 17.5 Å². The molecular formula is C11H7BrN2O3S. The highest BCUT2D eigenvalue weighted by Crippen LogP contribution is 2.25. The maximum absolute atomic E-state index is 11.4. The van der Waals surface area contributed by atoms with Crippen molar-refractivity contribution >= 4 is 38.7 Å². The number of ketones is 1. The first-order chi connectivity index (χ1) is 8.61. The van der Waals surface area contributed by atoms with Gasteiger partial charge in [-0.1, -0.05) is 15.9 Å². The minimum atomic E-state index is -0.453. The van der Waals surface area contributed by atoms with E-state index in [0.717, 1.165) is 5.56 Å². The monoisotopic (exact) mass is 326 g/mol. The zero-order chi connectivity index (χ0) is 13.1. The predicted octanol–water partition coefficient (Wildman–Crippen LogP) is 3.30. The predicted molar refractivity (Wildman–Crippen MR) is 72.3 cm³/mol. The summed E-state index contributed by atoms with van der Waals surface area (Å²) < 4.78 is 0. The second-order valence-corrected chi connectivity index (χ2v) is 4.82. The molecular weight excluding hydrogens is 320 g/mol. The Morgan fingerprint density at radius 1 is 1.39 bits per heavy atom. The van der Waals surface area contributed by atoms with Crippen LogP contribution in [0.15, 0.2) is 29.6 Å². The van der Waals surface area contributed by atoms with Crippen LogP contribution in [-0.4, -0.2) is 21.0 Å². The van der Waals surface area contributed by atoms with Crippen molar-refractivity contribution in [2.45, 2.75) is 0 Å². The molecule has 2 aromatic rings. The fraction of sp³-hybridized carbons (Fsp3) is 0.0909. The first-order valence-electron chi connectivity index (χ1n) is 4.91. The number of thiazole rings is 1. The third kappa shape index (κ3) is 2.62. The van der Waals surface area contributed by atoms with Gasteiger partial charge in [-0.05, 0) is 12.1 Å². The minimum absolute atomic E-state index is 0.0343. The summed E-state index contributed by atoms with van der Waals surface area (Å²) in [6.07, 6.45) is 0. The Labute approximate surface area is 115 Å². The Bertz CT molecular complexity index is 595. The van der Waals surface area contributed by atoms with Crippen molar-refractivity contribution in [3.05, 3.63) is 45.5 Å². The summed E-state index contributed by atoms with van der Waals surface area (Å²) in [7, 11) is 0. The molecule has 0 bridgehead atoms. The van der Waals surface area contributed by atoms with Gasteiger partial charge in [-0.25, -0.2) is 4.98 Å². The number of non-ortho nitro benzene ring substituents is 1. The van der Waals surface area contributed by atoms with E-state index in [-0.39, 0.29) is 16.8 Å². The van der Waals surface area contributed by atoms with Gasteiger partial charge in [0, 0.05) is 23.1 Å². The maximum Gasteiger partial charge on any atom is 0.269 e. The number of nitrogens with zero attached hydrogens (tertiary/aromatic N) is 2. The summed E-state index contributed by atoms with van der Waals surface area (Å²) in [4.78, 5) is 25.7. The maximum atomic E-state index is 11.4. The molecule has 0 saturated carbocycles. The quantitative estimate of drug-likeness (QED) is 0.374. The smallest absolute Gasteiger partial charge is 0.269 e. The third-order valence-electron chi connectivity index (χ3n) is 2.24. The molecule has 1 aromatic carbocycles. The van der Waals surface area contributed by atoms with E-state index >= 15 is 0 Å². The highest BCUT2D eigenvalue weighted by molar-refractivity contribution is 9.09. The fourth-order valence-electron chi connectivity index (χ4n) is 1.33. The van der Waals surface area contributed by atoms with E-state index in [1.807, 2.05) is 0 Å². The highest BCUT2D eigenvalue weighted by Gasteiger charge is 2.11. The van der Waals surface area contributed by atoms with Crippen LogP contribution in [0.4, 0.5) is 5.69 Å². The van der Waals surface area contributed by atoms with E-state index in [0.29, 0.717) is 10.7 Å². The summed E-state index contributed by atoms with van der Waals surface area (Å²) in [6.45, 7) is 0. The number of carbonyl (C=O) groups excluding carboxylic acids is 1. The van der Waals surface area contributed by atoms with E-state index < -0.39 is 4.92 Å². The summed E-state index contributed by atoms with van der Waals surface area (Å²) in [5.41, 5.74) is 1.21. The third-order valence-corrected chi connectivity index (χ3v) is 3.64. The van der Waals surface area contributed by atoms with Crippen molar-refractivity contribution in [1.82, 2.24) is 4.98 Å². The molecule has 2 rings (SSSR count). The van der Waals surface area contributed by atoms with Gasteiger partial charge in [-0.15, -0.1) is 11.3 Å². The zero-order valence-electron chi connectivity index (χ0n) is 9.00. The number of hydrogen-bond donors (Lipinski definition) is 0. The van der Waals surface area contributed by atoms with Gasteiger partial charge in [0.05, 0.1) is 10.3 Å². The molecule has 92 valence electrons. The van der Waals surface area contributed by atoms with Crippen molar-refractivity contribution in [2.75, 3.05) is 5.33 Å². The largest absolute Gasteiger partial charge is 0.291 e. The SMILES string of the molecule is O=C(CBr)c1csc(-c2ccc([N+](=O)[O-])cc2)n1. The molecule has 0 atom stereocenters. The van der Waals surface area contributed by atoms with Crippen LogP contribution in [0.25, 0.3) is 10.6 Å². The minimum Gasteiger partial charge on any atom is -0.291 e. The number of halogens is 1. The number of rotatable bonds is 4. The van der Waals surface area contributed by atoms with E-state index in [1.165, 1.54) is 23.5 Å². The lowest BCUT2D eigenvalue weighted by molar-refractivity contribution is -0.384. The van der Waals surface area contributed by atoms with E-state index in [2.05, 4.69) is 20.9 Å². The molecule has 1 heterocycles. The number of hydrogen-bond acceptors (Lipinski definition) is 5. The van der Waals surface area contributed by atoms with Gasteiger partial charge in [0.1, 0.15) is 10.7 Å². The summed E-state index contributed by atoms with van der Waals surface area (Å²) in [5.74, 6) is -0.0839. The average molecular weight is 327 g/mol. The molecule has 18 heavy (non-hydrogen) atoms. The van der Waals surface area contributed by atoms with Crippen LogP contribution in [0.5, 0.6) is 0 Å². The number of nitro groups is 1. The van der Waals surface area contributed by atoms with Crippen LogP contribution < -0.4 is 0 Å². The van der Waals surface area contributed by atoms with Gasteiger partial charge < -0.3 is 0 Å². The number of benzene rings is 1. The molecule has 0 amide bonds. The van der Waals surface area contributed by atoms with Crippen LogP contribution in [0.2, 0.25) is 0 Å². The molecule has 0 spiro atoms. The second-order valence-electron chi connectivity index (χ2n) is 3.40. The summed E-state index contributed by atoms with van der Waals surface area (Å²) in [6, 6.07) is 6.09. The molecule has 5 nitrogen and oxygen atoms in total. The van der Waals surface area contributed by atoms with Gasteiger partial charge in [0.2, 0.25) is 0 Å². The number of carbonyl (C=O) groups is 1. The van der Waals surface area contributed by atoms with Gasteiger partial charge in [0.15, 0.2) is 5.78 Å². The molecule has 1 aromatic heterocycles. The summed E-state index contributed by atoms with van der Waals surface area (Å²) in [5, 5.41) is 13.1. The van der Waals surface area contributed by atoms with Gasteiger partial charge in [-0.2, -0.15) is 0 Å². The van der Waals surface area contributed by atoms with Crippen LogP contribution in [0.1, 0.15) is 10.5 Å². The summed E-state index contributed by atoms with van der Waals surface area (Å²) >= 11 is 4.42.